The number of hydrogen-bond donors (Lipinski definition) is 1. The van der Waals surface area contributed by atoms with E-state index < -0.39 is 5.82 Å². The first kappa shape index (κ1) is 13.6. The van der Waals surface area contributed by atoms with E-state index in [2.05, 4.69) is 5.10 Å². The van der Waals surface area contributed by atoms with Gasteiger partial charge >= 0.3 is 0 Å². The van der Waals surface area contributed by atoms with Crippen LogP contribution in [-0.4, -0.2) is 23.0 Å². The molecule has 21 heavy (non-hydrogen) atoms. The third-order valence-electron chi connectivity index (χ3n) is 3.69. The van der Waals surface area contributed by atoms with Crippen LogP contribution >= 0.6 is 0 Å². The predicted octanol–water partition coefficient (Wildman–Crippen LogP) is 2.49. The number of benzene rings is 1. The quantitative estimate of drug-likeness (QED) is 0.860. The molecule has 0 radical (unpaired) electrons. The zero-order valence-electron chi connectivity index (χ0n) is 11.4. The molecule has 108 valence electrons. The van der Waals surface area contributed by atoms with Crippen molar-refractivity contribution in [2.75, 3.05) is 18.9 Å². The predicted molar refractivity (Wildman–Crippen MR) is 75.8 cm³/mol. The molecule has 1 fully saturated rings. The Bertz CT molecular complexity index is 698. The molecule has 0 atom stereocenters. The van der Waals surface area contributed by atoms with Crippen LogP contribution in [0.25, 0.3) is 11.1 Å². The molecular weight excluding hydrogens is 271 g/mol. The lowest BCUT2D eigenvalue weighted by atomic mass is 10.0. The van der Waals surface area contributed by atoms with Crippen molar-refractivity contribution < 1.29 is 9.13 Å². The fourth-order valence-electron chi connectivity index (χ4n) is 2.63. The standard InChI is InChI=1S/C15H15FN4O/c16-14-6-12(18)5-10(7-17)15(14)11-8-19-20(9-11)13-1-3-21-4-2-13/h5-6,8-9,13H,1-4,18H2. The van der Waals surface area contributed by atoms with Gasteiger partial charge in [-0.2, -0.15) is 10.4 Å². The molecule has 2 heterocycles. The van der Waals surface area contributed by atoms with Crippen LogP contribution < -0.4 is 5.73 Å². The summed E-state index contributed by atoms with van der Waals surface area (Å²) in [7, 11) is 0. The van der Waals surface area contributed by atoms with E-state index in [4.69, 9.17) is 15.7 Å². The minimum absolute atomic E-state index is 0.221. The zero-order chi connectivity index (χ0) is 14.8. The monoisotopic (exact) mass is 286 g/mol. The SMILES string of the molecule is N#Cc1cc(N)cc(F)c1-c1cnn(C2CCOCC2)c1. The maximum atomic E-state index is 14.1. The van der Waals surface area contributed by atoms with Gasteiger partial charge in [0.2, 0.25) is 0 Å². The molecule has 0 spiro atoms. The molecule has 0 aliphatic carbocycles. The molecule has 1 aliphatic rings. The normalized spacial score (nSPS) is 15.8. The van der Waals surface area contributed by atoms with Gasteiger partial charge < -0.3 is 10.5 Å². The first-order chi connectivity index (χ1) is 10.2. The third kappa shape index (κ3) is 2.60. The van der Waals surface area contributed by atoms with Gasteiger partial charge in [0.25, 0.3) is 0 Å². The molecule has 3 rings (SSSR count). The van der Waals surface area contributed by atoms with Gasteiger partial charge in [0.05, 0.1) is 23.9 Å². The first-order valence-electron chi connectivity index (χ1n) is 6.80. The lowest BCUT2D eigenvalue weighted by Gasteiger charge is -2.22. The Morgan fingerprint density at radius 1 is 1.38 bits per heavy atom. The number of halogens is 1. The van der Waals surface area contributed by atoms with Crippen LogP contribution in [0.15, 0.2) is 24.5 Å². The van der Waals surface area contributed by atoms with Crippen molar-refractivity contribution >= 4 is 5.69 Å². The summed E-state index contributed by atoms with van der Waals surface area (Å²) >= 11 is 0. The van der Waals surface area contributed by atoms with Gasteiger partial charge in [-0.25, -0.2) is 4.39 Å². The lowest BCUT2D eigenvalue weighted by molar-refractivity contribution is 0.0662. The van der Waals surface area contributed by atoms with Crippen LogP contribution in [0.5, 0.6) is 0 Å². The fraction of sp³-hybridized carbons (Fsp3) is 0.333. The average molecular weight is 286 g/mol. The molecule has 1 saturated heterocycles. The summed E-state index contributed by atoms with van der Waals surface area (Å²) in [5.41, 5.74) is 6.89. The number of nitrogen functional groups attached to an aromatic ring is 1. The third-order valence-corrected chi connectivity index (χ3v) is 3.69. The van der Waals surface area contributed by atoms with Crippen LogP contribution in [0.4, 0.5) is 10.1 Å². The highest BCUT2D eigenvalue weighted by Crippen LogP contribution is 2.30. The molecule has 5 nitrogen and oxygen atoms in total. The molecule has 0 unspecified atom stereocenters. The molecule has 2 N–H and O–H groups in total. The van der Waals surface area contributed by atoms with Crippen molar-refractivity contribution in [2.45, 2.75) is 18.9 Å². The Morgan fingerprint density at radius 2 is 2.14 bits per heavy atom. The highest BCUT2D eigenvalue weighted by atomic mass is 19.1. The molecule has 0 amide bonds. The van der Waals surface area contributed by atoms with E-state index in [-0.39, 0.29) is 22.9 Å². The fourth-order valence-corrected chi connectivity index (χ4v) is 2.63. The maximum absolute atomic E-state index is 14.1. The van der Waals surface area contributed by atoms with Crippen molar-refractivity contribution in [3.63, 3.8) is 0 Å². The summed E-state index contributed by atoms with van der Waals surface area (Å²) in [6.45, 7) is 1.42. The van der Waals surface area contributed by atoms with Crippen LogP contribution in [0.1, 0.15) is 24.4 Å². The highest BCUT2D eigenvalue weighted by Gasteiger charge is 2.19. The van der Waals surface area contributed by atoms with Crippen molar-refractivity contribution in [1.82, 2.24) is 9.78 Å². The number of nitriles is 1. The smallest absolute Gasteiger partial charge is 0.134 e. The lowest BCUT2D eigenvalue weighted by Crippen LogP contribution is -2.19. The Hall–Kier alpha value is -2.39. The Kier molecular flexibility index (Phi) is 3.59. The van der Waals surface area contributed by atoms with Gasteiger partial charge in [-0.3, -0.25) is 4.68 Å². The molecule has 0 bridgehead atoms. The number of ether oxygens (including phenoxy) is 1. The van der Waals surface area contributed by atoms with Gasteiger partial charge in [0.1, 0.15) is 5.82 Å². The summed E-state index contributed by atoms with van der Waals surface area (Å²) in [6.07, 6.45) is 5.14. The second-order valence-corrected chi connectivity index (χ2v) is 5.09. The molecule has 0 saturated carbocycles. The summed E-state index contributed by atoms with van der Waals surface area (Å²) in [5, 5.41) is 13.5. The van der Waals surface area contributed by atoms with Gasteiger partial charge in [0, 0.05) is 36.2 Å². The second-order valence-electron chi connectivity index (χ2n) is 5.09. The van der Waals surface area contributed by atoms with Crippen molar-refractivity contribution in [2.24, 2.45) is 0 Å². The van der Waals surface area contributed by atoms with Gasteiger partial charge in [-0.05, 0) is 25.0 Å². The van der Waals surface area contributed by atoms with Crippen molar-refractivity contribution in [1.29, 1.82) is 5.26 Å². The molecular formula is C15H15FN4O. The van der Waals surface area contributed by atoms with Crippen LogP contribution in [0, 0.1) is 17.1 Å². The number of nitrogens with zero attached hydrogens (tertiary/aromatic N) is 3. The molecule has 6 heteroatoms. The number of anilines is 1. The molecule has 2 aromatic rings. The second kappa shape index (κ2) is 5.54. The number of hydrogen-bond acceptors (Lipinski definition) is 4. The van der Waals surface area contributed by atoms with E-state index in [1.54, 1.807) is 12.4 Å². The number of rotatable bonds is 2. The van der Waals surface area contributed by atoms with Crippen LogP contribution in [0.3, 0.4) is 0 Å². The number of aromatic nitrogens is 2. The first-order valence-corrected chi connectivity index (χ1v) is 6.80. The van der Waals surface area contributed by atoms with Crippen LogP contribution in [0.2, 0.25) is 0 Å². The minimum atomic E-state index is -0.502. The largest absolute Gasteiger partial charge is 0.399 e. The zero-order valence-corrected chi connectivity index (χ0v) is 11.4. The Balaban J connectivity index is 1.98. The van der Waals surface area contributed by atoms with Gasteiger partial charge in [-0.1, -0.05) is 0 Å². The van der Waals surface area contributed by atoms with E-state index in [9.17, 15) is 4.39 Å². The van der Waals surface area contributed by atoms with E-state index in [1.807, 2.05) is 10.8 Å². The molecule has 1 aromatic carbocycles. The van der Waals surface area contributed by atoms with E-state index in [0.717, 1.165) is 12.8 Å². The van der Waals surface area contributed by atoms with E-state index in [1.165, 1.54) is 12.1 Å². The summed E-state index contributed by atoms with van der Waals surface area (Å²) in [5.74, 6) is -0.502. The summed E-state index contributed by atoms with van der Waals surface area (Å²) in [4.78, 5) is 0. The van der Waals surface area contributed by atoms with Gasteiger partial charge in [-0.15, -0.1) is 0 Å². The number of nitrogens with two attached hydrogens (primary N) is 1. The van der Waals surface area contributed by atoms with Gasteiger partial charge in [0.15, 0.2) is 0 Å². The van der Waals surface area contributed by atoms with E-state index >= 15 is 0 Å². The van der Waals surface area contributed by atoms with E-state index in [0.29, 0.717) is 18.8 Å². The minimum Gasteiger partial charge on any atom is -0.399 e. The highest BCUT2D eigenvalue weighted by molar-refractivity contribution is 5.72. The summed E-state index contributed by atoms with van der Waals surface area (Å²) in [6, 6.07) is 4.95. The summed E-state index contributed by atoms with van der Waals surface area (Å²) < 4.78 is 21.3. The molecule has 1 aromatic heterocycles. The van der Waals surface area contributed by atoms with Crippen molar-refractivity contribution in [3.8, 4) is 17.2 Å². The van der Waals surface area contributed by atoms with Crippen molar-refractivity contribution in [3.05, 3.63) is 35.9 Å². The Morgan fingerprint density at radius 3 is 2.86 bits per heavy atom. The maximum Gasteiger partial charge on any atom is 0.134 e. The average Bonchev–Trinajstić information content (AvgIpc) is 2.96. The topological polar surface area (TPSA) is 76.9 Å². The molecule has 1 aliphatic heterocycles. The van der Waals surface area contributed by atoms with Crippen LogP contribution in [-0.2, 0) is 4.74 Å². The Labute approximate surface area is 121 Å².